The van der Waals surface area contributed by atoms with E-state index >= 15 is 0 Å². The molecule has 0 spiro atoms. The largest absolute Gasteiger partial charge is 0.304 e. The van der Waals surface area contributed by atoms with Gasteiger partial charge in [-0.1, -0.05) is 0 Å². The van der Waals surface area contributed by atoms with Gasteiger partial charge in [-0.25, -0.2) is 4.98 Å². The molecular weight excluding hydrogens is 282 g/mol. The quantitative estimate of drug-likeness (QED) is 0.943. The molecule has 6 heteroatoms. The molecule has 0 amide bonds. The van der Waals surface area contributed by atoms with Crippen LogP contribution in [-0.2, 0) is 0 Å². The molecule has 1 saturated heterocycles. The number of aromatic nitrogens is 2. The molecule has 1 aliphatic rings. The molecule has 0 bridgehead atoms. The lowest BCUT2D eigenvalue weighted by Crippen LogP contribution is -2.35. The Hall–Kier alpha value is -0.170. The van der Waals surface area contributed by atoms with Gasteiger partial charge in [0, 0.05) is 52.9 Å². The lowest BCUT2D eigenvalue weighted by molar-refractivity contribution is 0.509. The smallest absolute Gasteiger partial charge is 0.193 e. The number of nitrogens with one attached hydrogen (secondary N) is 1. The van der Waals surface area contributed by atoms with E-state index in [1.165, 1.54) is 23.0 Å². The number of thiazole rings is 1. The number of nitrogens with zero attached hydrogens (tertiary/aromatic N) is 2. The Bertz CT molecular complexity index is 471. The summed E-state index contributed by atoms with van der Waals surface area (Å²) in [6.07, 6.45) is 4.21. The molecule has 3 rings (SSSR count). The van der Waals surface area contributed by atoms with Crippen molar-refractivity contribution in [3.63, 3.8) is 0 Å². The van der Waals surface area contributed by atoms with Crippen LogP contribution in [0, 0.1) is 0 Å². The molecule has 2 aromatic rings. The maximum Gasteiger partial charge on any atom is 0.193 e. The highest BCUT2D eigenvalue weighted by atomic mass is 32.2. The third-order valence-corrected chi connectivity index (χ3v) is 6.34. The van der Waals surface area contributed by atoms with Gasteiger partial charge in [0.2, 0.25) is 0 Å². The fourth-order valence-corrected chi connectivity index (χ4v) is 5.24. The van der Waals surface area contributed by atoms with E-state index in [2.05, 4.69) is 62.9 Å². The molecule has 3 nitrogen and oxygen atoms in total. The summed E-state index contributed by atoms with van der Waals surface area (Å²) >= 11 is 5.81. The number of rotatable bonds is 3. The molecule has 98 valence electrons. The second-order valence-electron chi connectivity index (χ2n) is 4.49. The molecule has 1 atom stereocenters. The Morgan fingerprint density at radius 3 is 2.89 bits per heavy atom. The molecular formula is C12H17N3S3. The van der Waals surface area contributed by atoms with Crippen LogP contribution in [0.5, 0.6) is 0 Å². The number of imidazole rings is 1. The molecule has 0 aliphatic carbocycles. The van der Waals surface area contributed by atoms with Crippen LogP contribution in [0.15, 0.2) is 17.8 Å². The van der Waals surface area contributed by atoms with Crippen LogP contribution in [0.2, 0.25) is 0 Å². The minimum absolute atomic E-state index is 0.335. The van der Waals surface area contributed by atoms with Crippen molar-refractivity contribution in [2.45, 2.75) is 19.0 Å². The minimum Gasteiger partial charge on any atom is -0.304 e. The average Bonchev–Trinajstić information content (AvgIpc) is 2.85. The summed E-state index contributed by atoms with van der Waals surface area (Å²) in [5.41, 5.74) is 1.15. The predicted octanol–water partition coefficient (Wildman–Crippen LogP) is 2.90. The molecule has 0 radical (unpaired) electrons. The van der Waals surface area contributed by atoms with Gasteiger partial charge in [-0.2, -0.15) is 23.5 Å². The van der Waals surface area contributed by atoms with Crippen LogP contribution in [0.3, 0.4) is 0 Å². The molecule has 1 aliphatic heterocycles. The van der Waals surface area contributed by atoms with E-state index in [1.54, 1.807) is 11.3 Å². The number of hydrogen-bond acceptors (Lipinski definition) is 5. The first kappa shape index (κ1) is 12.8. The number of thioether (sulfide) groups is 2. The summed E-state index contributed by atoms with van der Waals surface area (Å²) in [5.74, 6) is 5.02. The van der Waals surface area contributed by atoms with Crippen LogP contribution in [-0.4, -0.2) is 38.4 Å². The van der Waals surface area contributed by atoms with Gasteiger partial charge in [-0.15, -0.1) is 11.3 Å². The number of hydrogen-bond donors (Lipinski definition) is 1. The topological polar surface area (TPSA) is 29.3 Å². The van der Waals surface area contributed by atoms with E-state index in [4.69, 9.17) is 0 Å². The highest BCUT2D eigenvalue weighted by Crippen LogP contribution is 2.21. The van der Waals surface area contributed by atoms with Crippen molar-refractivity contribution in [1.82, 2.24) is 14.7 Å². The van der Waals surface area contributed by atoms with Crippen LogP contribution in [0.1, 0.15) is 18.7 Å². The standard InChI is InChI=1S/C12H17N3S3/c1-9(13-10-7-16-4-5-17-8-10)11-6-15-2-3-18-12(15)14-11/h2-3,6,9-10,13H,4-5,7-8H2,1H3/t9-/m0/s1. The Balaban J connectivity index is 1.66. The van der Waals surface area contributed by atoms with E-state index in [-0.39, 0.29) is 0 Å². The van der Waals surface area contributed by atoms with Gasteiger partial charge in [0.15, 0.2) is 4.96 Å². The zero-order chi connectivity index (χ0) is 12.4. The fourth-order valence-electron chi connectivity index (χ4n) is 2.11. The zero-order valence-electron chi connectivity index (χ0n) is 10.3. The van der Waals surface area contributed by atoms with Crippen LogP contribution >= 0.6 is 34.9 Å². The molecule has 0 unspecified atom stereocenters. The van der Waals surface area contributed by atoms with Crippen molar-refractivity contribution in [2.75, 3.05) is 23.0 Å². The van der Waals surface area contributed by atoms with Gasteiger partial charge in [0.25, 0.3) is 0 Å². The van der Waals surface area contributed by atoms with E-state index in [9.17, 15) is 0 Å². The predicted molar refractivity (Wildman–Crippen MR) is 83.1 cm³/mol. The third kappa shape index (κ3) is 2.87. The first-order valence-corrected chi connectivity index (χ1v) is 9.35. The lowest BCUT2D eigenvalue weighted by atomic mass is 10.2. The first-order chi connectivity index (χ1) is 8.83. The number of fused-ring (bicyclic) bond motifs is 1. The lowest BCUT2D eigenvalue weighted by Gasteiger charge is -2.19. The second kappa shape index (κ2) is 5.86. The fraction of sp³-hybridized carbons (Fsp3) is 0.583. The first-order valence-electron chi connectivity index (χ1n) is 6.16. The highest BCUT2D eigenvalue weighted by molar-refractivity contribution is 8.03. The summed E-state index contributed by atoms with van der Waals surface area (Å²) in [5, 5.41) is 5.79. The molecule has 3 heterocycles. The van der Waals surface area contributed by atoms with E-state index in [0.29, 0.717) is 12.1 Å². The molecule has 1 fully saturated rings. The van der Waals surface area contributed by atoms with Crippen LogP contribution in [0.4, 0.5) is 0 Å². The third-order valence-electron chi connectivity index (χ3n) is 3.05. The van der Waals surface area contributed by atoms with Gasteiger partial charge in [0.1, 0.15) is 0 Å². The maximum atomic E-state index is 4.67. The van der Waals surface area contributed by atoms with E-state index in [0.717, 1.165) is 10.7 Å². The summed E-state index contributed by atoms with van der Waals surface area (Å²) in [7, 11) is 0. The zero-order valence-corrected chi connectivity index (χ0v) is 12.8. The van der Waals surface area contributed by atoms with Crippen LogP contribution in [0.25, 0.3) is 4.96 Å². The van der Waals surface area contributed by atoms with Gasteiger partial charge in [0.05, 0.1) is 5.69 Å². The van der Waals surface area contributed by atoms with E-state index < -0.39 is 0 Å². The van der Waals surface area contributed by atoms with Crippen molar-refractivity contribution < 1.29 is 0 Å². The van der Waals surface area contributed by atoms with Gasteiger partial charge in [-0.05, 0) is 6.92 Å². The summed E-state index contributed by atoms with van der Waals surface area (Å²) in [4.78, 5) is 5.75. The Labute approximate surface area is 120 Å². The van der Waals surface area contributed by atoms with Crippen molar-refractivity contribution in [1.29, 1.82) is 0 Å². The van der Waals surface area contributed by atoms with Crippen LogP contribution < -0.4 is 5.32 Å². The summed E-state index contributed by atoms with van der Waals surface area (Å²) < 4.78 is 2.11. The van der Waals surface area contributed by atoms with Crippen molar-refractivity contribution in [3.8, 4) is 0 Å². The highest BCUT2D eigenvalue weighted by Gasteiger charge is 2.17. The Morgan fingerprint density at radius 1 is 1.39 bits per heavy atom. The van der Waals surface area contributed by atoms with Gasteiger partial charge in [-0.3, -0.25) is 4.40 Å². The van der Waals surface area contributed by atoms with Crippen molar-refractivity contribution >= 4 is 39.8 Å². The molecule has 18 heavy (non-hydrogen) atoms. The summed E-state index contributed by atoms with van der Waals surface area (Å²) in [6, 6.07) is 0.943. The van der Waals surface area contributed by atoms with Crippen molar-refractivity contribution in [2.24, 2.45) is 0 Å². The molecule has 1 N–H and O–H groups in total. The Kier molecular flexibility index (Phi) is 4.18. The molecule has 0 saturated carbocycles. The van der Waals surface area contributed by atoms with Gasteiger partial charge >= 0.3 is 0 Å². The molecule has 0 aromatic carbocycles. The summed E-state index contributed by atoms with van der Waals surface area (Å²) in [6.45, 7) is 2.21. The SMILES string of the molecule is C[C@H](NC1CSCCSC1)c1cn2ccsc2n1. The maximum absolute atomic E-state index is 4.67. The van der Waals surface area contributed by atoms with Crippen molar-refractivity contribution in [3.05, 3.63) is 23.5 Å². The average molecular weight is 299 g/mol. The van der Waals surface area contributed by atoms with E-state index in [1.807, 2.05) is 0 Å². The van der Waals surface area contributed by atoms with Gasteiger partial charge < -0.3 is 5.32 Å². The molecule has 2 aromatic heterocycles. The normalized spacial score (nSPS) is 20.1. The monoisotopic (exact) mass is 299 g/mol. The minimum atomic E-state index is 0.335. The Morgan fingerprint density at radius 2 is 2.17 bits per heavy atom. The second-order valence-corrected chi connectivity index (χ2v) is 7.67.